The third-order valence-corrected chi connectivity index (χ3v) is 4.23. The van der Waals surface area contributed by atoms with E-state index >= 15 is 0 Å². The maximum atomic E-state index is 13.6. The molecule has 1 nitrogen and oxygen atoms in total. The van der Waals surface area contributed by atoms with E-state index in [-0.39, 0.29) is 5.56 Å². The van der Waals surface area contributed by atoms with Crippen LogP contribution in [0.3, 0.4) is 0 Å². The number of ketones is 1. The highest BCUT2D eigenvalue weighted by atomic mass is 79.9. The molecule has 20 heavy (non-hydrogen) atoms. The highest BCUT2D eigenvalue weighted by Gasteiger charge is 2.20. The van der Waals surface area contributed by atoms with E-state index in [1.165, 1.54) is 0 Å². The molecule has 0 radical (unpaired) electrons. The minimum Gasteiger partial charge on any atom is -0.288 e. The molecule has 0 spiro atoms. The number of carbonyl (C=O) groups is 1. The Hall–Kier alpha value is -1.62. The maximum Gasteiger partial charge on any atom is 0.196 e. The predicted octanol–water partition coefficient (Wildman–Crippen LogP) is 4.71. The lowest BCUT2D eigenvalue weighted by atomic mass is 9.99. The van der Waals surface area contributed by atoms with Crippen LogP contribution in [0.2, 0.25) is 0 Å². The predicted molar refractivity (Wildman–Crippen MR) is 73.4 cm³/mol. The molecule has 0 amide bonds. The van der Waals surface area contributed by atoms with Crippen molar-refractivity contribution in [1.29, 1.82) is 0 Å². The molecule has 0 fully saturated rings. The molecule has 0 atom stereocenters. The van der Waals surface area contributed by atoms with E-state index in [4.69, 9.17) is 0 Å². The summed E-state index contributed by atoms with van der Waals surface area (Å²) in [5.74, 6) is -5.10. The summed E-state index contributed by atoms with van der Waals surface area (Å²) in [6.45, 7) is 3.57. The quantitative estimate of drug-likeness (QED) is 0.570. The lowest BCUT2D eigenvalue weighted by Crippen LogP contribution is -2.08. The molecular weight excluding hydrogens is 333 g/mol. The molecule has 0 saturated carbocycles. The van der Waals surface area contributed by atoms with E-state index in [1.54, 1.807) is 26.0 Å². The third kappa shape index (κ3) is 2.50. The Labute approximate surface area is 122 Å². The van der Waals surface area contributed by atoms with Crippen molar-refractivity contribution in [2.75, 3.05) is 0 Å². The van der Waals surface area contributed by atoms with Crippen LogP contribution in [0, 0.1) is 31.3 Å². The highest BCUT2D eigenvalue weighted by molar-refractivity contribution is 9.10. The van der Waals surface area contributed by atoms with Gasteiger partial charge in [-0.05, 0) is 49.2 Å². The van der Waals surface area contributed by atoms with Gasteiger partial charge in [0, 0.05) is 10.0 Å². The first-order chi connectivity index (χ1) is 9.32. The Morgan fingerprint density at radius 2 is 1.55 bits per heavy atom. The van der Waals surface area contributed by atoms with Gasteiger partial charge in [0.15, 0.2) is 23.2 Å². The summed E-state index contributed by atoms with van der Waals surface area (Å²) in [5.41, 5.74) is 1.35. The lowest BCUT2D eigenvalue weighted by molar-refractivity contribution is 0.103. The monoisotopic (exact) mass is 342 g/mol. The van der Waals surface area contributed by atoms with E-state index in [1.807, 2.05) is 0 Å². The van der Waals surface area contributed by atoms with Crippen molar-refractivity contribution in [2.24, 2.45) is 0 Å². The number of carbonyl (C=O) groups excluding carboxylic acids is 1. The van der Waals surface area contributed by atoms with Gasteiger partial charge in [-0.1, -0.05) is 15.9 Å². The molecule has 0 unspecified atom stereocenters. The van der Waals surface area contributed by atoms with Crippen LogP contribution in [-0.4, -0.2) is 5.78 Å². The van der Waals surface area contributed by atoms with Crippen LogP contribution in [0.4, 0.5) is 13.2 Å². The Bertz CT molecular complexity index is 688. The van der Waals surface area contributed by atoms with Crippen LogP contribution in [0.25, 0.3) is 0 Å². The van der Waals surface area contributed by atoms with Crippen molar-refractivity contribution in [3.8, 4) is 0 Å². The van der Waals surface area contributed by atoms with E-state index in [9.17, 15) is 18.0 Å². The number of hydrogen-bond donors (Lipinski definition) is 0. The number of rotatable bonds is 2. The van der Waals surface area contributed by atoms with Crippen LogP contribution in [0.1, 0.15) is 27.0 Å². The summed E-state index contributed by atoms with van der Waals surface area (Å²) in [6.07, 6.45) is 0. The van der Waals surface area contributed by atoms with Crippen LogP contribution in [0.15, 0.2) is 28.7 Å². The molecule has 0 aliphatic carbocycles. The third-order valence-electron chi connectivity index (χ3n) is 2.98. The van der Waals surface area contributed by atoms with Gasteiger partial charge < -0.3 is 0 Å². The van der Waals surface area contributed by atoms with Crippen LogP contribution in [0.5, 0.6) is 0 Å². The van der Waals surface area contributed by atoms with Gasteiger partial charge in [-0.15, -0.1) is 0 Å². The van der Waals surface area contributed by atoms with E-state index in [0.717, 1.165) is 27.7 Å². The SMILES string of the molecule is Cc1cc(C(=O)c2ccc(F)c(F)c2F)cc(C)c1Br. The normalized spacial score (nSPS) is 10.7. The minimum absolute atomic E-state index is 0.230. The average molecular weight is 343 g/mol. The molecule has 104 valence electrons. The standard InChI is InChI=1S/C15H10BrF3O/c1-7-5-9(6-8(2)12(7)16)15(20)10-3-4-11(17)14(19)13(10)18/h3-6H,1-2H3. The zero-order valence-electron chi connectivity index (χ0n) is 10.7. The second-order valence-corrected chi connectivity index (χ2v) is 5.27. The van der Waals surface area contributed by atoms with Gasteiger partial charge in [0.05, 0.1) is 5.56 Å². The Kier molecular flexibility index (Phi) is 3.99. The Morgan fingerprint density at radius 1 is 1.00 bits per heavy atom. The average Bonchev–Trinajstić information content (AvgIpc) is 2.41. The largest absolute Gasteiger partial charge is 0.288 e. The summed E-state index contributed by atoms with van der Waals surface area (Å²) in [6, 6.07) is 4.83. The van der Waals surface area contributed by atoms with Crippen LogP contribution in [-0.2, 0) is 0 Å². The molecule has 2 rings (SSSR count). The summed E-state index contributed by atoms with van der Waals surface area (Å²) >= 11 is 3.36. The summed E-state index contributed by atoms with van der Waals surface area (Å²) in [5, 5.41) is 0. The lowest BCUT2D eigenvalue weighted by Gasteiger charge is -2.08. The molecule has 0 aliphatic heterocycles. The molecule has 0 bridgehead atoms. The number of aryl methyl sites for hydroxylation is 2. The first kappa shape index (κ1) is 14.8. The van der Waals surface area contributed by atoms with Gasteiger partial charge in [0.1, 0.15) is 0 Å². The number of benzene rings is 2. The van der Waals surface area contributed by atoms with E-state index in [0.29, 0.717) is 0 Å². The first-order valence-corrected chi connectivity index (χ1v) is 6.57. The van der Waals surface area contributed by atoms with Crippen molar-refractivity contribution >= 4 is 21.7 Å². The van der Waals surface area contributed by atoms with Crippen molar-refractivity contribution < 1.29 is 18.0 Å². The van der Waals surface area contributed by atoms with Crippen molar-refractivity contribution in [2.45, 2.75) is 13.8 Å². The van der Waals surface area contributed by atoms with Crippen LogP contribution >= 0.6 is 15.9 Å². The van der Waals surface area contributed by atoms with E-state index < -0.39 is 28.8 Å². The molecular formula is C15H10BrF3O. The van der Waals surface area contributed by atoms with Gasteiger partial charge in [-0.2, -0.15) is 0 Å². The molecule has 5 heteroatoms. The zero-order valence-corrected chi connectivity index (χ0v) is 12.3. The maximum absolute atomic E-state index is 13.6. The first-order valence-electron chi connectivity index (χ1n) is 5.78. The molecule has 2 aromatic rings. The van der Waals surface area contributed by atoms with Crippen molar-refractivity contribution in [3.63, 3.8) is 0 Å². The summed E-state index contributed by atoms with van der Waals surface area (Å²) in [4.78, 5) is 12.2. The fourth-order valence-corrected chi connectivity index (χ4v) is 2.16. The smallest absolute Gasteiger partial charge is 0.196 e. The molecule has 0 aromatic heterocycles. The van der Waals surface area contributed by atoms with Crippen LogP contribution < -0.4 is 0 Å². The topological polar surface area (TPSA) is 17.1 Å². The second kappa shape index (κ2) is 5.40. The Morgan fingerprint density at radius 3 is 2.10 bits per heavy atom. The van der Waals surface area contributed by atoms with E-state index in [2.05, 4.69) is 15.9 Å². The van der Waals surface area contributed by atoms with Gasteiger partial charge in [-0.3, -0.25) is 4.79 Å². The number of hydrogen-bond acceptors (Lipinski definition) is 1. The van der Waals surface area contributed by atoms with Gasteiger partial charge >= 0.3 is 0 Å². The Balaban J connectivity index is 2.55. The van der Waals surface area contributed by atoms with Crippen molar-refractivity contribution in [3.05, 3.63) is 68.4 Å². The minimum atomic E-state index is -1.64. The molecule has 0 N–H and O–H groups in total. The fourth-order valence-electron chi connectivity index (χ4n) is 1.93. The molecule has 2 aromatic carbocycles. The molecule has 0 aliphatic rings. The summed E-state index contributed by atoms with van der Waals surface area (Å²) in [7, 11) is 0. The highest BCUT2D eigenvalue weighted by Crippen LogP contribution is 2.25. The fraction of sp³-hybridized carbons (Fsp3) is 0.133. The zero-order chi connectivity index (χ0) is 15.0. The van der Waals surface area contributed by atoms with Gasteiger partial charge in [0.25, 0.3) is 0 Å². The second-order valence-electron chi connectivity index (χ2n) is 4.48. The summed E-state index contributed by atoms with van der Waals surface area (Å²) < 4.78 is 40.5. The molecule has 0 saturated heterocycles. The number of halogens is 4. The molecule has 0 heterocycles. The van der Waals surface area contributed by atoms with Gasteiger partial charge in [-0.25, -0.2) is 13.2 Å². The van der Waals surface area contributed by atoms with Gasteiger partial charge in [0.2, 0.25) is 0 Å². The van der Waals surface area contributed by atoms with Crippen molar-refractivity contribution in [1.82, 2.24) is 0 Å².